The van der Waals surface area contributed by atoms with E-state index in [1.165, 1.54) is 0 Å². The van der Waals surface area contributed by atoms with Crippen LogP contribution in [0.15, 0.2) is 15.2 Å². The zero-order valence-corrected chi connectivity index (χ0v) is 11.9. The van der Waals surface area contributed by atoms with Gasteiger partial charge in [-0.2, -0.15) is 11.3 Å². The molecule has 1 heterocycles. The van der Waals surface area contributed by atoms with Crippen LogP contribution in [0.2, 0.25) is 0 Å². The number of halogens is 1. The lowest BCUT2D eigenvalue weighted by molar-refractivity contribution is 0.130. The van der Waals surface area contributed by atoms with Crippen LogP contribution in [0, 0.1) is 16.7 Å². The van der Waals surface area contributed by atoms with E-state index in [4.69, 9.17) is 0 Å². The number of hydrogen-bond donors (Lipinski definition) is 1. The van der Waals surface area contributed by atoms with Gasteiger partial charge >= 0.3 is 0 Å². The monoisotopic (exact) mass is 288 g/mol. The van der Waals surface area contributed by atoms with E-state index >= 15 is 0 Å². The second kappa shape index (κ2) is 3.31. The van der Waals surface area contributed by atoms with Crippen molar-refractivity contribution < 1.29 is 5.11 Å². The highest BCUT2D eigenvalue weighted by atomic mass is 79.9. The molecule has 0 aromatic carbocycles. The molecule has 1 aromatic rings. The van der Waals surface area contributed by atoms with Crippen LogP contribution in [0.25, 0.3) is 0 Å². The molecule has 0 bridgehead atoms. The Balaban J connectivity index is 2.26. The first-order valence-corrected chi connectivity index (χ1v) is 6.93. The Labute approximate surface area is 104 Å². The summed E-state index contributed by atoms with van der Waals surface area (Å²) in [5.74, 6) is 0.357. The summed E-state index contributed by atoms with van der Waals surface area (Å²) < 4.78 is 1.04. The highest BCUT2D eigenvalue weighted by Gasteiger charge is 2.67. The van der Waals surface area contributed by atoms with Crippen molar-refractivity contribution in [1.82, 2.24) is 0 Å². The Kier molecular flexibility index (Phi) is 2.57. The molecule has 0 spiro atoms. The van der Waals surface area contributed by atoms with Crippen LogP contribution in [0.1, 0.15) is 39.4 Å². The molecule has 1 nitrogen and oxygen atoms in total. The smallest absolute Gasteiger partial charge is 0.0847 e. The molecule has 1 fully saturated rings. The highest BCUT2D eigenvalue weighted by Crippen LogP contribution is 2.72. The van der Waals surface area contributed by atoms with Gasteiger partial charge < -0.3 is 5.11 Å². The van der Waals surface area contributed by atoms with Gasteiger partial charge in [-0.3, -0.25) is 0 Å². The highest BCUT2D eigenvalue weighted by molar-refractivity contribution is 9.10. The van der Waals surface area contributed by atoms with Gasteiger partial charge in [-0.25, -0.2) is 0 Å². The Morgan fingerprint density at radius 3 is 2.13 bits per heavy atom. The summed E-state index contributed by atoms with van der Waals surface area (Å²) >= 11 is 5.12. The Bertz CT molecular complexity index is 367. The summed E-state index contributed by atoms with van der Waals surface area (Å²) in [6.45, 7) is 8.95. The molecule has 84 valence electrons. The van der Waals surface area contributed by atoms with Crippen molar-refractivity contribution in [2.45, 2.75) is 33.8 Å². The topological polar surface area (TPSA) is 20.2 Å². The lowest BCUT2D eigenvalue weighted by atomic mass is 10.0. The predicted molar refractivity (Wildman–Crippen MR) is 68.0 cm³/mol. The van der Waals surface area contributed by atoms with E-state index in [0.717, 1.165) is 10.0 Å². The van der Waals surface area contributed by atoms with Crippen molar-refractivity contribution in [3.05, 3.63) is 20.8 Å². The van der Waals surface area contributed by atoms with E-state index in [-0.39, 0.29) is 16.9 Å². The number of thiophene rings is 1. The Morgan fingerprint density at radius 1 is 1.27 bits per heavy atom. The summed E-state index contributed by atoms with van der Waals surface area (Å²) in [6.07, 6.45) is -0.337. The lowest BCUT2D eigenvalue weighted by Crippen LogP contribution is -2.04. The van der Waals surface area contributed by atoms with Crippen LogP contribution in [0.4, 0.5) is 0 Å². The zero-order chi connectivity index (χ0) is 11.4. The molecule has 1 unspecified atom stereocenters. The average molecular weight is 289 g/mol. The summed E-state index contributed by atoms with van der Waals surface area (Å²) in [5.41, 5.74) is 1.50. The van der Waals surface area contributed by atoms with Crippen LogP contribution >= 0.6 is 27.3 Å². The number of hydrogen-bond acceptors (Lipinski definition) is 2. The van der Waals surface area contributed by atoms with Crippen molar-refractivity contribution in [2.24, 2.45) is 16.7 Å². The van der Waals surface area contributed by atoms with Crippen LogP contribution < -0.4 is 0 Å². The maximum absolute atomic E-state index is 10.4. The van der Waals surface area contributed by atoms with Crippen molar-refractivity contribution in [3.63, 3.8) is 0 Å². The SMILES string of the molecule is CC1(C)C(C(O)c2cscc2Br)C1(C)C. The first-order valence-electron chi connectivity index (χ1n) is 5.20. The van der Waals surface area contributed by atoms with Crippen molar-refractivity contribution >= 4 is 27.3 Å². The van der Waals surface area contributed by atoms with Crippen LogP contribution in [0.5, 0.6) is 0 Å². The third-order valence-corrected chi connectivity index (χ3v) is 6.16. The molecule has 2 rings (SSSR count). The van der Waals surface area contributed by atoms with Gasteiger partial charge in [0.25, 0.3) is 0 Å². The minimum absolute atomic E-state index is 0.230. The van der Waals surface area contributed by atoms with E-state index in [0.29, 0.717) is 5.92 Å². The zero-order valence-electron chi connectivity index (χ0n) is 9.54. The van der Waals surface area contributed by atoms with Crippen molar-refractivity contribution in [3.8, 4) is 0 Å². The average Bonchev–Trinajstić information content (AvgIpc) is 2.48. The first-order chi connectivity index (χ1) is 6.80. The molecule has 1 N–H and O–H groups in total. The van der Waals surface area contributed by atoms with Gasteiger partial charge in [-0.05, 0) is 32.1 Å². The van der Waals surface area contributed by atoms with Gasteiger partial charge in [0.15, 0.2) is 0 Å². The number of rotatable bonds is 2. The molecule has 0 aliphatic heterocycles. The Hall–Kier alpha value is 0.140. The maximum atomic E-state index is 10.4. The van der Waals surface area contributed by atoms with Gasteiger partial charge in [0, 0.05) is 21.3 Å². The third kappa shape index (κ3) is 1.51. The number of aliphatic hydroxyl groups excluding tert-OH is 1. The Morgan fingerprint density at radius 2 is 1.80 bits per heavy atom. The first kappa shape index (κ1) is 11.6. The third-order valence-electron chi connectivity index (χ3n) is 4.41. The predicted octanol–water partition coefficient (Wildman–Crippen LogP) is 4.23. The molecule has 1 saturated carbocycles. The minimum Gasteiger partial charge on any atom is -0.388 e. The minimum atomic E-state index is -0.337. The lowest BCUT2D eigenvalue weighted by Gasteiger charge is -2.11. The fraction of sp³-hybridized carbons (Fsp3) is 0.667. The molecule has 0 saturated heterocycles. The van der Waals surface area contributed by atoms with E-state index in [9.17, 15) is 5.11 Å². The molecule has 3 heteroatoms. The quantitative estimate of drug-likeness (QED) is 0.864. The molecular formula is C12H17BrOS. The van der Waals surface area contributed by atoms with E-state index in [1.807, 2.05) is 10.8 Å². The molecule has 1 atom stereocenters. The van der Waals surface area contributed by atoms with Gasteiger partial charge in [0.2, 0.25) is 0 Å². The van der Waals surface area contributed by atoms with Crippen molar-refractivity contribution in [2.75, 3.05) is 0 Å². The summed E-state index contributed by atoms with van der Waals surface area (Å²) in [7, 11) is 0. The van der Waals surface area contributed by atoms with Crippen LogP contribution in [-0.4, -0.2) is 5.11 Å². The summed E-state index contributed by atoms with van der Waals surface area (Å²) in [5, 5.41) is 14.4. The van der Waals surface area contributed by atoms with Crippen LogP contribution in [-0.2, 0) is 0 Å². The largest absolute Gasteiger partial charge is 0.388 e. The molecular weight excluding hydrogens is 272 g/mol. The molecule has 0 amide bonds. The van der Waals surface area contributed by atoms with E-state index < -0.39 is 0 Å². The molecule has 0 radical (unpaired) electrons. The fourth-order valence-electron chi connectivity index (χ4n) is 2.72. The van der Waals surface area contributed by atoms with Crippen molar-refractivity contribution in [1.29, 1.82) is 0 Å². The standard InChI is InChI=1S/C12H17BrOS/c1-11(2)10(12(11,3)4)9(14)7-5-15-6-8(7)13/h5-6,9-10,14H,1-4H3. The molecule has 1 aliphatic rings. The van der Waals surface area contributed by atoms with Crippen LogP contribution in [0.3, 0.4) is 0 Å². The van der Waals surface area contributed by atoms with Gasteiger partial charge in [-0.15, -0.1) is 0 Å². The molecule has 1 aromatic heterocycles. The van der Waals surface area contributed by atoms with Gasteiger partial charge in [0.1, 0.15) is 0 Å². The maximum Gasteiger partial charge on any atom is 0.0847 e. The molecule has 15 heavy (non-hydrogen) atoms. The van der Waals surface area contributed by atoms with Gasteiger partial charge in [0.05, 0.1) is 6.10 Å². The normalized spacial score (nSPS) is 25.2. The second-order valence-corrected chi connectivity index (χ2v) is 7.14. The van der Waals surface area contributed by atoms with E-state index in [2.05, 4.69) is 43.6 Å². The van der Waals surface area contributed by atoms with Gasteiger partial charge in [-0.1, -0.05) is 27.7 Å². The second-order valence-electron chi connectivity index (χ2n) is 5.54. The van der Waals surface area contributed by atoms with E-state index in [1.54, 1.807) is 11.3 Å². The fourth-order valence-corrected chi connectivity index (χ4v) is 4.28. The molecule has 1 aliphatic carbocycles. The summed E-state index contributed by atoms with van der Waals surface area (Å²) in [6, 6.07) is 0. The summed E-state index contributed by atoms with van der Waals surface area (Å²) in [4.78, 5) is 0. The number of aliphatic hydroxyl groups is 1.